The SMILES string of the molecule is C.Cc1cc(-c2ccc3nc(C4CCOCC4)n(C[C@H](C)OC(C)C)c3c2)cn(C)c1=O.S. The lowest BCUT2D eigenvalue weighted by atomic mass is 9.99. The van der Waals surface area contributed by atoms with E-state index >= 15 is 0 Å². The summed E-state index contributed by atoms with van der Waals surface area (Å²) in [7, 11) is 1.80. The normalized spacial score (nSPS) is 15.3. The van der Waals surface area contributed by atoms with Crippen molar-refractivity contribution in [2.75, 3.05) is 13.2 Å². The van der Waals surface area contributed by atoms with E-state index in [0.717, 1.165) is 66.1 Å². The van der Waals surface area contributed by atoms with Crippen molar-refractivity contribution in [2.24, 2.45) is 7.05 Å². The van der Waals surface area contributed by atoms with Gasteiger partial charge in [-0.05, 0) is 69.9 Å². The van der Waals surface area contributed by atoms with Crippen LogP contribution >= 0.6 is 13.5 Å². The van der Waals surface area contributed by atoms with Gasteiger partial charge in [0.25, 0.3) is 5.56 Å². The molecule has 0 radical (unpaired) electrons. The fourth-order valence-electron chi connectivity index (χ4n) is 4.58. The number of ether oxygens (including phenoxy) is 2. The first kappa shape index (κ1) is 27.2. The van der Waals surface area contributed by atoms with Crippen LogP contribution in [0.1, 0.15) is 58.3 Å². The molecule has 1 aromatic carbocycles. The summed E-state index contributed by atoms with van der Waals surface area (Å²) in [5.74, 6) is 1.53. The van der Waals surface area contributed by atoms with Crippen LogP contribution < -0.4 is 5.56 Å². The molecule has 1 fully saturated rings. The largest absolute Gasteiger partial charge is 0.381 e. The molecule has 4 rings (SSSR count). The highest BCUT2D eigenvalue weighted by molar-refractivity contribution is 7.59. The summed E-state index contributed by atoms with van der Waals surface area (Å²) < 4.78 is 15.6. The molecule has 0 N–H and O–H groups in total. The van der Waals surface area contributed by atoms with Crippen LogP contribution in [0.25, 0.3) is 22.2 Å². The Hall–Kier alpha value is -2.09. The maximum absolute atomic E-state index is 12.1. The Morgan fingerprint density at radius 2 is 1.85 bits per heavy atom. The van der Waals surface area contributed by atoms with E-state index in [9.17, 15) is 4.79 Å². The van der Waals surface area contributed by atoms with Crippen LogP contribution in [-0.2, 0) is 23.1 Å². The van der Waals surface area contributed by atoms with E-state index in [2.05, 4.69) is 43.5 Å². The van der Waals surface area contributed by atoms with Crippen molar-refractivity contribution in [2.45, 2.75) is 72.6 Å². The van der Waals surface area contributed by atoms with Crippen molar-refractivity contribution in [3.8, 4) is 11.1 Å². The molecule has 6 nitrogen and oxygen atoms in total. The summed E-state index contributed by atoms with van der Waals surface area (Å²) in [4.78, 5) is 17.2. The number of benzene rings is 1. The Labute approximate surface area is 204 Å². The highest BCUT2D eigenvalue weighted by Crippen LogP contribution is 2.32. The molecule has 0 unspecified atom stereocenters. The number of hydrogen-bond acceptors (Lipinski definition) is 4. The molecule has 1 aliphatic rings. The van der Waals surface area contributed by atoms with E-state index in [0.29, 0.717) is 5.92 Å². The van der Waals surface area contributed by atoms with Gasteiger partial charge in [0.05, 0.1) is 29.8 Å². The summed E-state index contributed by atoms with van der Waals surface area (Å²) in [5, 5.41) is 0. The lowest BCUT2D eigenvalue weighted by Crippen LogP contribution is -2.24. The number of imidazole rings is 1. The topological polar surface area (TPSA) is 58.3 Å². The predicted octanol–water partition coefficient (Wildman–Crippen LogP) is 5.17. The van der Waals surface area contributed by atoms with E-state index in [4.69, 9.17) is 14.5 Å². The maximum Gasteiger partial charge on any atom is 0.253 e. The quantitative estimate of drug-likeness (QED) is 0.496. The molecule has 3 aromatic rings. The average Bonchev–Trinajstić information content (AvgIpc) is 3.09. The van der Waals surface area contributed by atoms with Gasteiger partial charge < -0.3 is 18.6 Å². The molecule has 0 saturated carbocycles. The van der Waals surface area contributed by atoms with Crippen molar-refractivity contribution in [1.29, 1.82) is 0 Å². The number of aromatic nitrogens is 3. The summed E-state index contributed by atoms with van der Waals surface area (Å²) >= 11 is 0. The third-order valence-corrected chi connectivity index (χ3v) is 6.00. The van der Waals surface area contributed by atoms with Gasteiger partial charge in [-0.2, -0.15) is 13.5 Å². The molecule has 1 atom stereocenters. The molecule has 2 aromatic heterocycles. The number of nitrogens with zero attached hydrogens (tertiary/aromatic N) is 3. The third-order valence-electron chi connectivity index (χ3n) is 6.00. The molecule has 0 aliphatic carbocycles. The molecule has 0 bridgehead atoms. The Morgan fingerprint density at radius 3 is 2.48 bits per heavy atom. The number of hydrogen-bond donors (Lipinski definition) is 0. The zero-order chi connectivity index (χ0) is 22.1. The standard InChI is InChI=1S/C25H33N3O3.CH4.H2S/c1-16(2)31-18(4)14-28-23-13-20(21-12-17(3)25(29)27(5)15-21)6-7-22(23)26-24(28)19-8-10-30-11-9-19;;/h6-7,12-13,15-16,18-19H,8-11,14H2,1-5H3;1H4;1H2/t18-;;/m0../s1. The van der Waals surface area contributed by atoms with E-state index in [-0.39, 0.29) is 38.7 Å². The van der Waals surface area contributed by atoms with Gasteiger partial charge >= 0.3 is 0 Å². The Bertz CT molecular complexity index is 1100. The summed E-state index contributed by atoms with van der Waals surface area (Å²) in [6, 6.07) is 8.36. The second-order valence-corrected chi connectivity index (χ2v) is 8.99. The Morgan fingerprint density at radius 1 is 1.15 bits per heavy atom. The van der Waals surface area contributed by atoms with Crippen LogP contribution in [0.15, 0.2) is 35.3 Å². The first-order valence-corrected chi connectivity index (χ1v) is 11.2. The molecule has 3 heterocycles. The van der Waals surface area contributed by atoms with Gasteiger partial charge in [0, 0.05) is 37.9 Å². The number of pyridine rings is 1. The Kier molecular flexibility index (Phi) is 9.35. The predicted molar refractivity (Wildman–Crippen MR) is 141 cm³/mol. The Balaban J connectivity index is 0.00000193. The summed E-state index contributed by atoms with van der Waals surface area (Å²) in [6.07, 6.45) is 4.16. The van der Waals surface area contributed by atoms with E-state index < -0.39 is 0 Å². The van der Waals surface area contributed by atoms with Crippen LogP contribution in [-0.4, -0.2) is 39.5 Å². The maximum atomic E-state index is 12.1. The van der Waals surface area contributed by atoms with Crippen LogP contribution in [0.2, 0.25) is 0 Å². The van der Waals surface area contributed by atoms with Crippen molar-refractivity contribution < 1.29 is 9.47 Å². The minimum atomic E-state index is 0. The van der Waals surface area contributed by atoms with Crippen LogP contribution in [0.3, 0.4) is 0 Å². The molecular formula is C26H39N3O3S. The monoisotopic (exact) mass is 473 g/mol. The van der Waals surface area contributed by atoms with Gasteiger partial charge in [-0.1, -0.05) is 13.5 Å². The van der Waals surface area contributed by atoms with E-state index in [1.54, 1.807) is 11.6 Å². The average molecular weight is 474 g/mol. The second kappa shape index (κ2) is 11.4. The second-order valence-electron chi connectivity index (χ2n) is 8.99. The molecule has 1 saturated heterocycles. The number of rotatable bonds is 6. The molecule has 1 aliphatic heterocycles. The van der Waals surface area contributed by atoms with Gasteiger partial charge in [-0.25, -0.2) is 4.98 Å². The number of aryl methyl sites for hydroxylation is 2. The molecular weight excluding hydrogens is 434 g/mol. The van der Waals surface area contributed by atoms with Crippen molar-refractivity contribution >= 4 is 24.5 Å². The molecule has 7 heteroatoms. The zero-order valence-corrected chi connectivity index (χ0v) is 20.7. The fourth-order valence-corrected chi connectivity index (χ4v) is 4.58. The lowest BCUT2D eigenvalue weighted by molar-refractivity contribution is 0.00923. The number of fused-ring (bicyclic) bond motifs is 1. The van der Waals surface area contributed by atoms with Crippen LogP contribution in [0, 0.1) is 6.92 Å². The van der Waals surface area contributed by atoms with E-state index in [1.165, 1.54) is 0 Å². The van der Waals surface area contributed by atoms with Crippen LogP contribution in [0.4, 0.5) is 0 Å². The van der Waals surface area contributed by atoms with Crippen molar-refractivity contribution in [3.05, 3.63) is 52.2 Å². The van der Waals surface area contributed by atoms with E-state index in [1.807, 2.05) is 19.2 Å². The van der Waals surface area contributed by atoms with Crippen LogP contribution in [0.5, 0.6) is 0 Å². The molecule has 33 heavy (non-hydrogen) atoms. The van der Waals surface area contributed by atoms with Crippen molar-refractivity contribution in [1.82, 2.24) is 14.1 Å². The lowest BCUT2D eigenvalue weighted by Gasteiger charge is -2.24. The first-order chi connectivity index (χ1) is 14.8. The van der Waals surface area contributed by atoms with Gasteiger partial charge in [-0.3, -0.25) is 4.79 Å². The van der Waals surface area contributed by atoms with Gasteiger partial charge in [0.2, 0.25) is 0 Å². The molecule has 0 spiro atoms. The summed E-state index contributed by atoms with van der Waals surface area (Å²) in [5.41, 5.74) is 5.02. The third kappa shape index (κ3) is 5.89. The highest BCUT2D eigenvalue weighted by Gasteiger charge is 2.24. The van der Waals surface area contributed by atoms with Gasteiger partial charge in [0.1, 0.15) is 5.82 Å². The smallest absolute Gasteiger partial charge is 0.253 e. The molecule has 0 amide bonds. The zero-order valence-electron chi connectivity index (χ0n) is 19.7. The van der Waals surface area contributed by atoms with Crippen molar-refractivity contribution in [3.63, 3.8) is 0 Å². The van der Waals surface area contributed by atoms with Gasteiger partial charge in [0.15, 0.2) is 0 Å². The fraction of sp³-hybridized carbons (Fsp3) is 0.538. The van der Waals surface area contributed by atoms with Gasteiger partial charge in [-0.15, -0.1) is 0 Å². The highest BCUT2D eigenvalue weighted by atomic mass is 32.1. The minimum Gasteiger partial charge on any atom is -0.381 e. The first-order valence-electron chi connectivity index (χ1n) is 11.2. The molecule has 182 valence electrons. The minimum absolute atomic E-state index is 0. The summed E-state index contributed by atoms with van der Waals surface area (Å²) in [6.45, 7) is 10.5.